The van der Waals surface area contributed by atoms with E-state index >= 15 is 0 Å². The standard InChI is InChI=1S/C11H13NO2/c13-8-9-4-1-2-5-10(9)11(14)6-3-7-12-11/h1-2,4-5,8,12,14H,3,6-7H2/t11-/m1/s1. The maximum absolute atomic E-state index is 10.8. The van der Waals surface area contributed by atoms with Crippen LogP contribution in [0, 0.1) is 0 Å². The number of aldehydes is 1. The van der Waals surface area contributed by atoms with E-state index in [-0.39, 0.29) is 0 Å². The van der Waals surface area contributed by atoms with Crippen LogP contribution in [0.3, 0.4) is 0 Å². The first-order valence-electron chi connectivity index (χ1n) is 4.78. The zero-order chi connectivity index (χ0) is 10.0. The lowest BCUT2D eigenvalue weighted by Gasteiger charge is -2.24. The summed E-state index contributed by atoms with van der Waals surface area (Å²) in [7, 11) is 0. The molecule has 2 rings (SSSR count). The molecule has 3 heteroatoms. The third-order valence-corrected chi connectivity index (χ3v) is 2.67. The molecule has 0 aromatic heterocycles. The van der Waals surface area contributed by atoms with Gasteiger partial charge >= 0.3 is 0 Å². The van der Waals surface area contributed by atoms with E-state index in [1.165, 1.54) is 0 Å². The van der Waals surface area contributed by atoms with E-state index in [9.17, 15) is 9.90 Å². The Labute approximate surface area is 82.8 Å². The lowest BCUT2D eigenvalue weighted by atomic mass is 9.96. The van der Waals surface area contributed by atoms with Crippen molar-refractivity contribution in [2.75, 3.05) is 6.54 Å². The Balaban J connectivity index is 2.43. The second-order valence-corrected chi connectivity index (χ2v) is 3.60. The summed E-state index contributed by atoms with van der Waals surface area (Å²) < 4.78 is 0. The molecule has 1 atom stereocenters. The van der Waals surface area contributed by atoms with Crippen LogP contribution >= 0.6 is 0 Å². The van der Waals surface area contributed by atoms with E-state index in [2.05, 4.69) is 5.32 Å². The number of carbonyl (C=O) groups is 1. The average Bonchev–Trinajstić information content (AvgIpc) is 2.66. The summed E-state index contributed by atoms with van der Waals surface area (Å²) in [4.78, 5) is 10.8. The predicted octanol–water partition coefficient (Wildman–Crippen LogP) is 1.03. The average molecular weight is 191 g/mol. The molecule has 1 aromatic rings. The molecular formula is C11H13NO2. The van der Waals surface area contributed by atoms with Crippen molar-refractivity contribution in [1.82, 2.24) is 5.32 Å². The summed E-state index contributed by atoms with van der Waals surface area (Å²) >= 11 is 0. The Hall–Kier alpha value is -1.19. The molecule has 0 radical (unpaired) electrons. The summed E-state index contributed by atoms with van der Waals surface area (Å²) in [6.45, 7) is 0.795. The van der Waals surface area contributed by atoms with Crippen LogP contribution in [0.2, 0.25) is 0 Å². The molecule has 0 spiro atoms. The molecule has 0 aliphatic carbocycles. The van der Waals surface area contributed by atoms with Gasteiger partial charge in [0.2, 0.25) is 0 Å². The summed E-state index contributed by atoms with van der Waals surface area (Å²) in [5, 5.41) is 13.2. The minimum Gasteiger partial charge on any atom is -0.372 e. The van der Waals surface area contributed by atoms with E-state index in [4.69, 9.17) is 0 Å². The Morgan fingerprint density at radius 2 is 2.21 bits per heavy atom. The van der Waals surface area contributed by atoms with Crippen molar-refractivity contribution in [3.8, 4) is 0 Å². The molecule has 1 saturated heterocycles. The highest BCUT2D eigenvalue weighted by Crippen LogP contribution is 2.29. The van der Waals surface area contributed by atoms with Gasteiger partial charge in [-0.1, -0.05) is 24.3 Å². The molecule has 14 heavy (non-hydrogen) atoms. The van der Waals surface area contributed by atoms with E-state index in [1.807, 2.05) is 6.07 Å². The Morgan fingerprint density at radius 3 is 2.86 bits per heavy atom. The van der Waals surface area contributed by atoms with Gasteiger partial charge in [0.05, 0.1) is 0 Å². The molecule has 1 aromatic carbocycles. The van der Waals surface area contributed by atoms with Crippen LogP contribution in [-0.2, 0) is 5.72 Å². The third-order valence-electron chi connectivity index (χ3n) is 2.67. The number of benzene rings is 1. The molecule has 0 unspecified atom stereocenters. The van der Waals surface area contributed by atoms with Crippen LogP contribution in [0.25, 0.3) is 0 Å². The SMILES string of the molecule is O=Cc1ccccc1[C@]1(O)CCCN1. The molecular weight excluding hydrogens is 178 g/mol. The van der Waals surface area contributed by atoms with Crippen molar-refractivity contribution in [3.63, 3.8) is 0 Å². The van der Waals surface area contributed by atoms with Crippen LogP contribution in [0.15, 0.2) is 24.3 Å². The minimum absolute atomic E-state index is 0.560. The van der Waals surface area contributed by atoms with Crippen LogP contribution < -0.4 is 5.32 Å². The van der Waals surface area contributed by atoms with Crippen molar-refractivity contribution in [3.05, 3.63) is 35.4 Å². The molecule has 1 heterocycles. The molecule has 74 valence electrons. The first-order valence-corrected chi connectivity index (χ1v) is 4.78. The van der Waals surface area contributed by atoms with Crippen LogP contribution in [-0.4, -0.2) is 17.9 Å². The molecule has 3 nitrogen and oxygen atoms in total. The highest BCUT2D eigenvalue weighted by atomic mass is 16.3. The first kappa shape index (κ1) is 9.37. The van der Waals surface area contributed by atoms with Crippen LogP contribution in [0.1, 0.15) is 28.8 Å². The zero-order valence-electron chi connectivity index (χ0n) is 7.86. The molecule has 0 saturated carbocycles. The van der Waals surface area contributed by atoms with Crippen LogP contribution in [0.4, 0.5) is 0 Å². The van der Waals surface area contributed by atoms with Gasteiger partial charge in [-0.15, -0.1) is 0 Å². The topological polar surface area (TPSA) is 49.3 Å². The summed E-state index contributed by atoms with van der Waals surface area (Å²) in [6.07, 6.45) is 2.38. The van der Waals surface area contributed by atoms with Crippen molar-refractivity contribution in [2.24, 2.45) is 0 Å². The number of carbonyl (C=O) groups excluding carboxylic acids is 1. The summed E-state index contributed by atoms with van der Waals surface area (Å²) in [5.74, 6) is 0. The first-order chi connectivity index (χ1) is 6.76. The Bertz CT molecular complexity index is 343. The highest BCUT2D eigenvalue weighted by molar-refractivity contribution is 5.77. The van der Waals surface area contributed by atoms with E-state index in [0.29, 0.717) is 17.5 Å². The number of hydrogen-bond acceptors (Lipinski definition) is 3. The van der Waals surface area contributed by atoms with Gasteiger partial charge in [0.1, 0.15) is 12.0 Å². The van der Waals surface area contributed by atoms with Gasteiger partial charge in [0.25, 0.3) is 0 Å². The highest BCUT2D eigenvalue weighted by Gasteiger charge is 2.33. The second kappa shape index (κ2) is 3.52. The van der Waals surface area contributed by atoms with Crippen LogP contribution in [0.5, 0.6) is 0 Å². The fraction of sp³-hybridized carbons (Fsp3) is 0.364. The van der Waals surface area contributed by atoms with Gasteiger partial charge < -0.3 is 5.11 Å². The number of hydrogen-bond donors (Lipinski definition) is 2. The van der Waals surface area contributed by atoms with E-state index in [1.54, 1.807) is 18.2 Å². The minimum atomic E-state index is -1.00. The molecule has 2 N–H and O–H groups in total. The lowest BCUT2D eigenvalue weighted by molar-refractivity contribution is 0.0201. The van der Waals surface area contributed by atoms with Gasteiger partial charge in [-0.25, -0.2) is 0 Å². The molecule has 1 aliphatic heterocycles. The van der Waals surface area contributed by atoms with Gasteiger partial charge in [0.15, 0.2) is 0 Å². The normalized spacial score (nSPS) is 26.4. The molecule has 1 fully saturated rings. The van der Waals surface area contributed by atoms with Crippen molar-refractivity contribution in [1.29, 1.82) is 0 Å². The second-order valence-electron chi connectivity index (χ2n) is 3.60. The monoisotopic (exact) mass is 191 g/mol. The largest absolute Gasteiger partial charge is 0.372 e. The van der Waals surface area contributed by atoms with Gasteiger partial charge in [-0.05, 0) is 19.4 Å². The maximum Gasteiger partial charge on any atom is 0.150 e. The van der Waals surface area contributed by atoms with Gasteiger partial charge in [-0.2, -0.15) is 0 Å². The van der Waals surface area contributed by atoms with Crippen molar-refractivity contribution >= 4 is 6.29 Å². The smallest absolute Gasteiger partial charge is 0.150 e. The fourth-order valence-electron chi connectivity index (χ4n) is 1.93. The molecule has 0 bridgehead atoms. The summed E-state index contributed by atoms with van der Waals surface area (Å²) in [5.41, 5.74) is 0.245. The van der Waals surface area contributed by atoms with E-state index < -0.39 is 5.72 Å². The molecule has 1 aliphatic rings. The van der Waals surface area contributed by atoms with E-state index in [0.717, 1.165) is 19.3 Å². The summed E-state index contributed by atoms with van der Waals surface area (Å²) in [6, 6.07) is 7.15. The maximum atomic E-state index is 10.8. The molecule has 0 amide bonds. The fourth-order valence-corrected chi connectivity index (χ4v) is 1.93. The number of aliphatic hydroxyl groups is 1. The predicted molar refractivity (Wildman–Crippen MR) is 53.0 cm³/mol. The third kappa shape index (κ3) is 1.45. The number of rotatable bonds is 2. The Morgan fingerprint density at radius 1 is 1.43 bits per heavy atom. The van der Waals surface area contributed by atoms with Crippen molar-refractivity contribution < 1.29 is 9.90 Å². The lowest BCUT2D eigenvalue weighted by Crippen LogP contribution is -2.37. The zero-order valence-corrected chi connectivity index (χ0v) is 7.86. The van der Waals surface area contributed by atoms with Gasteiger partial charge in [-0.3, -0.25) is 10.1 Å². The number of nitrogens with one attached hydrogen (secondary N) is 1. The Kier molecular flexibility index (Phi) is 2.35. The quantitative estimate of drug-likeness (QED) is 0.686. The van der Waals surface area contributed by atoms with Crippen molar-refractivity contribution in [2.45, 2.75) is 18.6 Å². The van der Waals surface area contributed by atoms with Gasteiger partial charge in [0, 0.05) is 11.1 Å².